The predicted octanol–water partition coefficient (Wildman–Crippen LogP) is 5.80. The molecule has 2 aliphatic carbocycles. The summed E-state index contributed by atoms with van der Waals surface area (Å²) in [6.45, 7) is 4.46. The summed E-state index contributed by atoms with van der Waals surface area (Å²) in [6, 6.07) is 8.14. The third kappa shape index (κ3) is 2.41. The molecule has 0 N–H and O–H groups in total. The van der Waals surface area contributed by atoms with Crippen LogP contribution in [0.2, 0.25) is 0 Å². The average Bonchev–Trinajstić information content (AvgIpc) is 3.43. The number of hydrogen-bond donors (Lipinski definition) is 0. The van der Waals surface area contributed by atoms with E-state index >= 15 is 0 Å². The number of fused-ring (bicyclic) bond motifs is 1. The Morgan fingerprint density at radius 3 is 2.42 bits per heavy atom. The van der Waals surface area contributed by atoms with Gasteiger partial charge in [0.05, 0.1) is 7.29 Å². The molecule has 26 heavy (non-hydrogen) atoms. The SMILES string of the molecule is [2H]C1(C2CCCC2)C=Cc2c(C)n(-c3ccccc3C)c(C3CCCC3)[n+]21. The van der Waals surface area contributed by atoms with E-state index in [1.54, 1.807) is 0 Å². The summed E-state index contributed by atoms with van der Waals surface area (Å²) in [7, 11) is 0. The third-order valence-corrected chi connectivity index (χ3v) is 6.93. The fourth-order valence-electron chi connectivity index (χ4n) is 5.58. The van der Waals surface area contributed by atoms with Gasteiger partial charge >= 0.3 is 0 Å². The molecule has 1 unspecified atom stereocenters. The number of allylic oxidation sites excluding steroid dienone is 1. The summed E-state index contributed by atoms with van der Waals surface area (Å²) in [5.41, 5.74) is 5.17. The zero-order valence-corrected chi connectivity index (χ0v) is 16.2. The van der Waals surface area contributed by atoms with E-state index in [0.717, 1.165) is 0 Å². The van der Waals surface area contributed by atoms with Gasteiger partial charge in [-0.15, -0.1) is 0 Å². The molecule has 0 spiro atoms. The van der Waals surface area contributed by atoms with Gasteiger partial charge in [-0.25, -0.2) is 4.57 Å². The molecule has 3 aliphatic rings. The Kier molecular flexibility index (Phi) is 3.76. The van der Waals surface area contributed by atoms with Crippen LogP contribution in [0.5, 0.6) is 0 Å². The van der Waals surface area contributed by atoms with Crippen molar-refractivity contribution >= 4 is 6.08 Å². The third-order valence-electron chi connectivity index (χ3n) is 6.93. The van der Waals surface area contributed by atoms with Crippen molar-refractivity contribution in [1.29, 1.82) is 0 Å². The summed E-state index contributed by atoms with van der Waals surface area (Å²) in [4.78, 5) is 0. The summed E-state index contributed by atoms with van der Waals surface area (Å²) in [6.07, 6.45) is 14.6. The minimum Gasteiger partial charge on any atom is -0.220 e. The molecule has 0 amide bonds. The molecule has 5 rings (SSSR count). The first-order valence-electron chi connectivity index (χ1n) is 11.0. The highest BCUT2D eigenvalue weighted by molar-refractivity contribution is 5.52. The van der Waals surface area contributed by atoms with Gasteiger partial charge in [0.2, 0.25) is 0 Å². The lowest BCUT2D eigenvalue weighted by Crippen LogP contribution is -2.45. The molecule has 2 fully saturated rings. The molecule has 2 aromatic rings. The van der Waals surface area contributed by atoms with Crippen molar-refractivity contribution in [3.8, 4) is 5.69 Å². The monoisotopic (exact) mass is 348 g/mol. The number of aromatic nitrogens is 2. The largest absolute Gasteiger partial charge is 0.265 e. The molecule has 1 atom stereocenters. The number of para-hydroxylation sites is 1. The highest BCUT2D eigenvalue weighted by atomic mass is 15.2. The van der Waals surface area contributed by atoms with Gasteiger partial charge in [-0.3, -0.25) is 0 Å². The molecular weight excluding hydrogens is 316 g/mol. The second kappa shape index (κ2) is 6.40. The van der Waals surface area contributed by atoms with E-state index in [4.69, 9.17) is 0 Å². The fourth-order valence-corrected chi connectivity index (χ4v) is 5.58. The van der Waals surface area contributed by atoms with Crippen LogP contribution in [0, 0.1) is 19.8 Å². The van der Waals surface area contributed by atoms with Crippen LogP contribution >= 0.6 is 0 Å². The molecule has 1 aromatic heterocycles. The molecule has 0 radical (unpaired) electrons. The lowest BCUT2D eigenvalue weighted by Gasteiger charge is -2.19. The minimum atomic E-state index is -0.595. The lowest BCUT2D eigenvalue weighted by molar-refractivity contribution is -0.723. The van der Waals surface area contributed by atoms with Crippen LogP contribution < -0.4 is 4.57 Å². The topological polar surface area (TPSA) is 8.81 Å². The Morgan fingerprint density at radius 1 is 1.00 bits per heavy atom. The van der Waals surface area contributed by atoms with Crippen LogP contribution in [0.25, 0.3) is 11.8 Å². The Hall–Kier alpha value is -1.83. The van der Waals surface area contributed by atoms with Crippen LogP contribution in [0.3, 0.4) is 0 Å². The van der Waals surface area contributed by atoms with Crippen molar-refractivity contribution in [3.63, 3.8) is 0 Å². The highest BCUT2D eigenvalue weighted by Gasteiger charge is 2.43. The Balaban J connectivity index is 1.76. The van der Waals surface area contributed by atoms with E-state index in [0.29, 0.717) is 11.8 Å². The number of benzene rings is 1. The predicted molar refractivity (Wildman–Crippen MR) is 107 cm³/mol. The first kappa shape index (κ1) is 15.2. The summed E-state index contributed by atoms with van der Waals surface area (Å²) in [5.74, 6) is 2.41. The van der Waals surface area contributed by atoms with Crippen molar-refractivity contribution < 1.29 is 5.94 Å². The van der Waals surface area contributed by atoms with E-state index in [1.807, 2.05) is 0 Å². The van der Waals surface area contributed by atoms with Gasteiger partial charge in [-0.2, -0.15) is 4.57 Å². The van der Waals surface area contributed by atoms with Crippen LogP contribution in [0.4, 0.5) is 0 Å². The number of aryl methyl sites for hydroxylation is 1. The van der Waals surface area contributed by atoms with Gasteiger partial charge in [0.1, 0.15) is 11.7 Å². The molecule has 1 aromatic carbocycles. The van der Waals surface area contributed by atoms with Crippen molar-refractivity contribution in [3.05, 3.63) is 53.1 Å². The Labute approximate surface area is 159 Å². The Morgan fingerprint density at radius 2 is 1.69 bits per heavy atom. The number of rotatable bonds is 3. The minimum absolute atomic E-state index is 0.451. The van der Waals surface area contributed by atoms with Gasteiger partial charge in [0, 0.05) is 12.8 Å². The standard InChI is InChI=1S/C24H31N2/c1-17-9-3-8-14-21(17)25-18(2)22-15-16-23(19-10-4-5-11-19)26(22)24(25)20-12-6-7-13-20/h3,8-9,14-16,19-20,23H,4-7,10-13H2,1-2H3/q+1/i23D. The molecule has 136 valence electrons. The molecular formula is C24H31N2+. The number of imidazole rings is 1. The van der Waals surface area contributed by atoms with E-state index in [1.165, 1.54) is 79.8 Å². The van der Waals surface area contributed by atoms with Crippen LogP contribution in [0.1, 0.15) is 87.4 Å². The average molecular weight is 349 g/mol. The van der Waals surface area contributed by atoms with Gasteiger partial charge < -0.3 is 0 Å². The van der Waals surface area contributed by atoms with Gasteiger partial charge in [0.15, 0.2) is 11.4 Å². The van der Waals surface area contributed by atoms with Gasteiger partial charge in [-0.05, 0) is 56.4 Å². The molecule has 0 bridgehead atoms. The molecule has 0 saturated heterocycles. The van der Waals surface area contributed by atoms with Gasteiger partial charge in [0.25, 0.3) is 5.82 Å². The highest BCUT2D eigenvalue weighted by Crippen LogP contribution is 2.41. The molecule has 2 nitrogen and oxygen atoms in total. The van der Waals surface area contributed by atoms with E-state index in [-0.39, 0.29) is 0 Å². The van der Waals surface area contributed by atoms with Crippen molar-refractivity contribution in [1.82, 2.24) is 4.57 Å². The maximum atomic E-state index is 9.55. The van der Waals surface area contributed by atoms with Crippen LogP contribution in [-0.2, 0) is 0 Å². The zero-order valence-electron chi connectivity index (χ0n) is 17.2. The zero-order chi connectivity index (χ0) is 18.6. The first-order chi connectivity index (χ1) is 13.1. The number of nitrogens with zero attached hydrogens (tertiary/aromatic N) is 2. The lowest BCUT2D eigenvalue weighted by atomic mass is 9.97. The second-order valence-electron chi connectivity index (χ2n) is 8.51. The molecule has 2 heterocycles. The van der Waals surface area contributed by atoms with Crippen LogP contribution in [0.15, 0.2) is 30.3 Å². The fraction of sp³-hybridized carbons (Fsp3) is 0.542. The van der Waals surface area contributed by atoms with E-state index in [2.05, 4.69) is 59.4 Å². The first-order valence-corrected chi connectivity index (χ1v) is 10.5. The smallest absolute Gasteiger partial charge is 0.220 e. The molecule has 2 heteroatoms. The quantitative estimate of drug-likeness (QED) is 0.620. The van der Waals surface area contributed by atoms with Crippen molar-refractivity contribution in [2.75, 3.05) is 0 Å². The summed E-state index contributed by atoms with van der Waals surface area (Å²) < 4.78 is 14.5. The maximum absolute atomic E-state index is 9.55. The second-order valence-corrected chi connectivity index (χ2v) is 8.51. The summed E-state index contributed by atoms with van der Waals surface area (Å²) in [5, 5.41) is 0. The maximum Gasteiger partial charge on any atom is 0.265 e. The van der Waals surface area contributed by atoms with Crippen molar-refractivity contribution in [2.24, 2.45) is 5.92 Å². The normalized spacial score (nSPS) is 26.6. The Bertz CT molecular complexity index is 897. The molecule has 1 aliphatic heterocycles. The van der Waals surface area contributed by atoms with E-state index < -0.39 is 6.02 Å². The molecule has 2 saturated carbocycles. The van der Waals surface area contributed by atoms with Gasteiger partial charge in [-0.1, -0.05) is 43.9 Å². The number of hydrogen-bond acceptors (Lipinski definition) is 0. The van der Waals surface area contributed by atoms with Crippen molar-refractivity contribution in [2.45, 2.75) is 77.1 Å². The van der Waals surface area contributed by atoms with E-state index in [9.17, 15) is 1.37 Å². The summed E-state index contributed by atoms with van der Waals surface area (Å²) >= 11 is 0. The van der Waals surface area contributed by atoms with Crippen LogP contribution in [-0.4, -0.2) is 4.57 Å².